The van der Waals surface area contributed by atoms with Crippen molar-refractivity contribution in [3.8, 4) is 0 Å². The van der Waals surface area contributed by atoms with Gasteiger partial charge >= 0.3 is 12.1 Å². The van der Waals surface area contributed by atoms with Gasteiger partial charge in [0.05, 0.1) is 25.6 Å². The molecule has 0 aliphatic rings. The molecule has 23 heavy (non-hydrogen) atoms. The number of hydrogen-bond acceptors (Lipinski definition) is 4. The molecule has 2 heterocycles. The Hall–Kier alpha value is -2.65. The lowest BCUT2D eigenvalue weighted by Gasteiger charge is -2.00. The summed E-state index contributed by atoms with van der Waals surface area (Å²) in [6.07, 6.45) is 3.26. The van der Waals surface area contributed by atoms with Crippen molar-refractivity contribution >= 4 is 5.97 Å². The zero-order valence-electron chi connectivity index (χ0n) is 12.4. The highest BCUT2D eigenvalue weighted by Gasteiger charge is 2.38. The minimum absolute atomic E-state index is 0.707. The third-order valence-electron chi connectivity index (χ3n) is 2.62. The van der Waals surface area contributed by atoms with Crippen LogP contribution in [-0.2, 0) is 17.9 Å². The van der Waals surface area contributed by atoms with Crippen molar-refractivity contribution in [2.75, 3.05) is 0 Å². The number of aromatic nitrogens is 5. The number of carboxylic acid groups (broad SMARTS) is 1. The number of imidazole rings is 1. The molecule has 2 aromatic rings. The van der Waals surface area contributed by atoms with Gasteiger partial charge in [-0.05, 0) is 6.42 Å². The lowest BCUT2D eigenvalue weighted by molar-refractivity contribution is -0.192. The number of rotatable bonds is 5. The maximum Gasteiger partial charge on any atom is 0.490 e. The molecule has 7 nitrogen and oxygen atoms in total. The Morgan fingerprint density at radius 1 is 1.43 bits per heavy atom. The van der Waals surface area contributed by atoms with Crippen LogP contribution in [0, 0.1) is 0 Å². The van der Waals surface area contributed by atoms with Gasteiger partial charge in [0.25, 0.3) is 0 Å². The molecule has 126 valence electrons. The molecule has 0 aliphatic heterocycles. The van der Waals surface area contributed by atoms with Crippen molar-refractivity contribution in [2.24, 2.45) is 0 Å². The molecule has 0 aromatic carbocycles. The lowest BCUT2D eigenvalue weighted by Crippen LogP contribution is -2.21. The molecule has 10 heteroatoms. The normalized spacial score (nSPS) is 10.8. The number of allylic oxidation sites excluding steroid dienone is 1. The SMILES string of the molecule is C=C(CC)Cn1cc(Cn2ccnc2)nn1.O=C(O)C(F)(F)F. The Kier molecular flexibility index (Phi) is 6.49. The molecule has 1 N–H and O–H groups in total. The van der Waals surface area contributed by atoms with E-state index < -0.39 is 12.1 Å². The molecule has 2 rings (SSSR count). The molecule has 0 amide bonds. The van der Waals surface area contributed by atoms with E-state index in [1.165, 1.54) is 0 Å². The zero-order chi connectivity index (χ0) is 17.5. The van der Waals surface area contributed by atoms with E-state index in [9.17, 15) is 13.2 Å². The van der Waals surface area contributed by atoms with Gasteiger partial charge in [0.1, 0.15) is 5.69 Å². The maximum absolute atomic E-state index is 10.6. The molecule has 0 spiro atoms. The number of hydrogen-bond donors (Lipinski definition) is 1. The van der Waals surface area contributed by atoms with E-state index in [1.807, 2.05) is 21.6 Å². The largest absolute Gasteiger partial charge is 0.490 e. The summed E-state index contributed by atoms with van der Waals surface area (Å²) in [5, 5.41) is 15.3. The summed E-state index contributed by atoms with van der Waals surface area (Å²) >= 11 is 0. The number of carboxylic acids is 1. The van der Waals surface area contributed by atoms with E-state index in [0.29, 0.717) is 6.54 Å². The summed E-state index contributed by atoms with van der Waals surface area (Å²) in [5.74, 6) is -2.76. The highest BCUT2D eigenvalue weighted by molar-refractivity contribution is 5.73. The van der Waals surface area contributed by atoms with Crippen LogP contribution in [0.1, 0.15) is 19.0 Å². The van der Waals surface area contributed by atoms with Crippen molar-refractivity contribution in [3.05, 3.63) is 42.8 Å². The second-order valence-electron chi connectivity index (χ2n) is 4.55. The fourth-order valence-corrected chi connectivity index (χ4v) is 1.40. The van der Waals surface area contributed by atoms with E-state index >= 15 is 0 Å². The molecule has 0 atom stereocenters. The number of carbonyl (C=O) groups is 1. The molecular formula is C13H16F3N5O2. The van der Waals surface area contributed by atoms with Crippen LogP contribution in [0.3, 0.4) is 0 Å². The van der Waals surface area contributed by atoms with Crippen LogP contribution in [0.4, 0.5) is 13.2 Å². The van der Waals surface area contributed by atoms with Crippen molar-refractivity contribution in [1.82, 2.24) is 24.5 Å². The molecule has 0 unspecified atom stereocenters. The Morgan fingerprint density at radius 3 is 2.57 bits per heavy atom. The van der Waals surface area contributed by atoms with Crippen LogP contribution in [0.25, 0.3) is 0 Å². The smallest absolute Gasteiger partial charge is 0.475 e. The molecule has 0 saturated heterocycles. The van der Waals surface area contributed by atoms with E-state index in [1.54, 1.807) is 12.5 Å². The van der Waals surface area contributed by atoms with Gasteiger partial charge in [0.15, 0.2) is 0 Å². The zero-order valence-corrected chi connectivity index (χ0v) is 12.4. The van der Waals surface area contributed by atoms with Gasteiger partial charge in [-0.1, -0.05) is 24.3 Å². The molecule has 0 fully saturated rings. The van der Waals surface area contributed by atoms with Gasteiger partial charge in [-0.2, -0.15) is 13.2 Å². The molecular weight excluding hydrogens is 315 g/mol. The van der Waals surface area contributed by atoms with Crippen molar-refractivity contribution in [1.29, 1.82) is 0 Å². The highest BCUT2D eigenvalue weighted by atomic mass is 19.4. The molecule has 0 aliphatic carbocycles. The topological polar surface area (TPSA) is 85.8 Å². The van der Waals surface area contributed by atoms with Gasteiger partial charge in [0, 0.05) is 12.4 Å². The average Bonchev–Trinajstić information content (AvgIpc) is 3.11. The minimum atomic E-state index is -5.08. The average molecular weight is 331 g/mol. The fraction of sp³-hybridized carbons (Fsp3) is 0.385. The minimum Gasteiger partial charge on any atom is -0.475 e. The quantitative estimate of drug-likeness (QED) is 0.848. The maximum atomic E-state index is 10.6. The first-order valence-electron chi connectivity index (χ1n) is 6.54. The molecule has 0 radical (unpaired) electrons. The fourth-order valence-electron chi connectivity index (χ4n) is 1.40. The van der Waals surface area contributed by atoms with Crippen molar-refractivity contribution < 1.29 is 23.1 Å². The Labute approximate surface area is 130 Å². The van der Waals surface area contributed by atoms with Crippen LogP contribution in [0.2, 0.25) is 0 Å². The van der Waals surface area contributed by atoms with E-state index in [2.05, 4.69) is 28.8 Å². The van der Waals surface area contributed by atoms with Crippen LogP contribution >= 0.6 is 0 Å². The summed E-state index contributed by atoms with van der Waals surface area (Å²) in [6.45, 7) is 7.49. The predicted molar refractivity (Wildman–Crippen MR) is 74.5 cm³/mol. The third-order valence-corrected chi connectivity index (χ3v) is 2.62. The van der Waals surface area contributed by atoms with Gasteiger partial charge in [-0.3, -0.25) is 0 Å². The van der Waals surface area contributed by atoms with Crippen molar-refractivity contribution in [3.63, 3.8) is 0 Å². The van der Waals surface area contributed by atoms with Gasteiger partial charge in [-0.25, -0.2) is 14.5 Å². The molecule has 2 aromatic heterocycles. The summed E-state index contributed by atoms with van der Waals surface area (Å²) < 4.78 is 35.5. The van der Waals surface area contributed by atoms with Gasteiger partial charge in [-0.15, -0.1) is 5.10 Å². The molecule has 0 saturated carbocycles. The van der Waals surface area contributed by atoms with Crippen LogP contribution in [-0.4, -0.2) is 41.8 Å². The second-order valence-corrected chi connectivity index (χ2v) is 4.55. The molecule has 0 bridgehead atoms. The van der Waals surface area contributed by atoms with E-state index in [4.69, 9.17) is 9.90 Å². The van der Waals surface area contributed by atoms with Gasteiger partial charge < -0.3 is 9.67 Å². The standard InChI is InChI=1S/C11H15N5.C2HF3O2/c1-3-10(2)6-16-8-11(13-14-16)7-15-5-4-12-9-15;3-2(4,5)1(6)7/h4-5,8-9H,2-3,6-7H2,1H3;(H,6,7). The number of halogens is 3. The van der Waals surface area contributed by atoms with E-state index in [0.717, 1.165) is 24.2 Å². The first-order chi connectivity index (χ1) is 10.7. The Morgan fingerprint density at radius 2 is 2.09 bits per heavy atom. The number of aliphatic carboxylic acids is 1. The first-order valence-corrected chi connectivity index (χ1v) is 6.54. The number of nitrogens with zero attached hydrogens (tertiary/aromatic N) is 5. The van der Waals surface area contributed by atoms with Crippen LogP contribution < -0.4 is 0 Å². The van der Waals surface area contributed by atoms with Crippen LogP contribution in [0.15, 0.2) is 37.1 Å². The third kappa shape index (κ3) is 6.76. The summed E-state index contributed by atoms with van der Waals surface area (Å²) in [6, 6.07) is 0. The predicted octanol–water partition coefficient (Wildman–Crippen LogP) is 2.12. The number of alkyl halides is 3. The monoisotopic (exact) mass is 331 g/mol. The second kappa shape index (κ2) is 8.11. The van der Waals surface area contributed by atoms with Crippen LogP contribution in [0.5, 0.6) is 0 Å². The Bertz CT molecular complexity index is 634. The highest BCUT2D eigenvalue weighted by Crippen LogP contribution is 2.13. The van der Waals surface area contributed by atoms with Gasteiger partial charge in [0.2, 0.25) is 0 Å². The van der Waals surface area contributed by atoms with Crippen molar-refractivity contribution in [2.45, 2.75) is 32.6 Å². The Balaban J connectivity index is 0.000000322. The first kappa shape index (κ1) is 18.4. The van der Waals surface area contributed by atoms with E-state index in [-0.39, 0.29) is 0 Å². The lowest BCUT2D eigenvalue weighted by atomic mass is 10.2. The summed E-state index contributed by atoms with van der Waals surface area (Å²) in [7, 11) is 0. The summed E-state index contributed by atoms with van der Waals surface area (Å²) in [4.78, 5) is 12.9. The summed E-state index contributed by atoms with van der Waals surface area (Å²) in [5.41, 5.74) is 2.08.